The largest absolute Gasteiger partial charge is 0.492 e. The van der Waals surface area contributed by atoms with Crippen LogP contribution in [0.3, 0.4) is 0 Å². The zero-order chi connectivity index (χ0) is 14.9. The smallest absolute Gasteiger partial charge is 0.261 e. The minimum absolute atomic E-state index is 0.220. The maximum absolute atomic E-state index is 11.6. The first-order valence-electron chi connectivity index (χ1n) is 7.67. The number of carbonyl (C=O) groups excluding carboxylic acids is 1. The molecule has 1 amide bonds. The predicted molar refractivity (Wildman–Crippen MR) is 78.5 cm³/mol. The number of carbonyl (C=O) groups is 1. The van der Waals surface area contributed by atoms with E-state index in [-0.39, 0.29) is 5.91 Å². The Morgan fingerprint density at radius 1 is 1.27 bits per heavy atom. The van der Waals surface area contributed by atoms with Gasteiger partial charge >= 0.3 is 0 Å². The molecule has 0 atom stereocenters. The molecule has 0 aliphatic carbocycles. The molecular weight excluding hydrogens is 282 g/mol. The molecule has 1 aromatic heterocycles. The molecule has 0 radical (unpaired) electrons. The van der Waals surface area contributed by atoms with Crippen molar-refractivity contribution in [1.82, 2.24) is 15.0 Å². The summed E-state index contributed by atoms with van der Waals surface area (Å²) in [5, 5.41) is 4.02. The highest BCUT2D eigenvalue weighted by Gasteiger charge is 2.22. The molecule has 1 aromatic carbocycles. The summed E-state index contributed by atoms with van der Waals surface area (Å²) in [5.41, 5.74) is 2.03. The van der Waals surface area contributed by atoms with E-state index in [1.807, 2.05) is 17.0 Å². The number of aromatic nitrogens is 2. The summed E-state index contributed by atoms with van der Waals surface area (Å²) in [4.78, 5) is 17.9. The molecule has 1 saturated heterocycles. The van der Waals surface area contributed by atoms with E-state index in [1.165, 1.54) is 5.56 Å². The molecule has 6 heteroatoms. The summed E-state index contributed by atoms with van der Waals surface area (Å²) in [6.45, 7) is 2.19. The fourth-order valence-corrected chi connectivity index (χ4v) is 3.02. The van der Waals surface area contributed by atoms with E-state index in [0.717, 1.165) is 30.7 Å². The highest BCUT2D eigenvalue weighted by molar-refractivity contribution is 5.78. The lowest BCUT2D eigenvalue weighted by atomic mass is 10.1. The Bertz CT molecular complexity index is 710. The lowest BCUT2D eigenvalue weighted by Crippen LogP contribution is -2.27. The molecule has 1 fully saturated rings. The third-order valence-corrected chi connectivity index (χ3v) is 4.19. The van der Waals surface area contributed by atoms with Crippen molar-refractivity contribution in [3.63, 3.8) is 0 Å². The van der Waals surface area contributed by atoms with Crippen molar-refractivity contribution < 1.29 is 14.1 Å². The third kappa shape index (κ3) is 2.34. The second kappa shape index (κ2) is 5.44. The summed E-state index contributed by atoms with van der Waals surface area (Å²) >= 11 is 0. The van der Waals surface area contributed by atoms with Gasteiger partial charge in [0.2, 0.25) is 5.91 Å². The van der Waals surface area contributed by atoms with Gasteiger partial charge in [0.05, 0.1) is 12.2 Å². The molecule has 0 N–H and O–H groups in total. The Balaban J connectivity index is 1.50. The average Bonchev–Trinajstić information content (AvgIpc) is 3.25. The van der Waals surface area contributed by atoms with E-state index in [0.29, 0.717) is 37.7 Å². The van der Waals surface area contributed by atoms with E-state index < -0.39 is 0 Å². The quantitative estimate of drug-likeness (QED) is 0.861. The fraction of sp³-hybridized carbons (Fsp3) is 0.438. The Hall–Kier alpha value is -2.37. The van der Waals surface area contributed by atoms with Crippen molar-refractivity contribution in [3.8, 4) is 17.2 Å². The summed E-state index contributed by atoms with van der Waals surface area (Å²) < 4.78 is 11.0. The SMILES string of the molecule is O=C1CCCN1CCc1noc(-c2cccc3c2OCC3)n1. The van der Waals surface area contributed by atoms with Gasteiger partial charge in [-0.05, 0) is 18.1 Å². The van der Waals surface area contributed by atoms with Crippen molar-refractivity contribution in [3.05, 3.63) is 29.6 Å². The summed E-state index contributed by atoms with van der Waals surface area (Å²) in [5.74, 6) is 2.19. The highest BCUT2D eigenvalue weighted by Crippen LogP contribution is 2.35. The van der Waals surface area contributed by atoms with Gasteiger partial charge in [0.15, 0.2) is 5.82 Å². The second-order valence-electron chi connectivity index (χ2n) is 5.64. The normalized spacial score (nSPS) is 16.9. The first-order chi connectivity index (χ1) is 10.8. The second-order valence-corrected chi connectivity index (χ2v) is 5.64. The predicted octanol–water partition coefficient (Wildman–Crippen LogP) is 1.84. The standard InChI is InChI=1S/C16H17N3O3/c20-14-5-2-8-19(14)9-6-13-17-16(22-18-13)12-4-1-3-11-7-10-21-15(11)12/h1,3-4H,2,5-10H2. The molecule has 2 aliphatic rings. The first-order valence-corrected chi connectivity index (χ1v) is 7.67. The summed E-state index contributed by atoms with van der Waals surface area (Å²) in [6.07, 6.45) is 3.14. The third-order valence-electron chi connectivity index (χ3n) is 4.19. The number of benzene rings is 1. The monoisotopic (exact) mass is 299 g/mol. The van der Waals surface area contributed by atoms with Crippen molar-refractivity contribution >= 4 is 5.91 Å². The minimum Gasteiger partial charge on any atom is -0.492 e. The van der Waals surface area contributed by atoms with Gasteiger partial charge < -0.3 is 14.2 Å². The zero-order valence-electron chi connectivity index (χ0n) is 12.2. The molecule has 6 nitrogen and oxygen atoms in total. The molecule has 4 rings (SSSR count). The van der Waals surface area contributed by atoms with E-state index in [4.69, 9.17) is 9.26 Å². The van der Waals surface area contributed by atoms with Crippen molar-refractivity contribution in [2.24, 2.45) is 0 Å². The van der Waals surface area contributed by atoms with E-state index in [2.05, 4.69) is 16.2 Å². The van der Waals surface area contributed by atoms with Crippen molar-refractivity contribution in [1.29, 1.82) is 0 Å². The van der Waals surface area contributed by atoms with Gasteiger partial charge in [-0.15, -0.1) is 0 Å². The number of ether oxygens (including phenoxy) is 1. The number of nitrogens with zero attached hydrogens (tertiary/aromatic N) is 3. The molecule has 0 bridgehead atoms. The van der Waals surface area contributed by atoms with Crippen LogP contribution >= 0.6 is 0 Å². The van der Waals surface area contributed by atoms with Crippen LogP contribution in [0.4, 0.5) is 0 Å². The Morgan fingerprint density at radius 2 is 2.23 bits per heavy atom. The average molecular weight is 299 g/mol. The summed E-state index contributed by atoms with van der Waals surface area (Å²) in [7, 11) is 0. The highest BCUT2D eigenvalue weighted by atomic mass is 16.5. The molecular formula is C16H17N3O3. The lowest BCUT2D eigenvalue weighted by Gasteiger charge is -2.13. The zero-order valence-corrected chi connectivity index (χ0v) is 12.2. The lowest BCUT2D eigenvalue weighted by molar-refractivity contribution is -0.127. The van der Waals surface area contributed by atoms with Gasteiger partial charge in [-0.2, -0.15) is 4.98 Å². The number of hydrogen-bond donors (Lipinski definition) is 0. The number of likely N-dealkylation sites (tertiary alicyclic amines) is 1. The molecule has 2 aliphatic heterocycles. The first kappa shape index (κ1) is 13.3. The van der Waals surface area contributed by atoms with Crippen LogP contribution in [-0.4, -0.2) is 40.6 Å². The number of hydrogen-bond acceptors (Lipinski definition) is 5. The van der Waals surface area contributed by atoms with Gasteiger partial charge in [0.25, 0.3) is 5.89 Å². The maximum Gasteiger partial charge on any atom is 0.261 e. The van der Waals surface area contributed by atoms with Crippen LogP contribution in [-0.2, 0) is 17.6 Å². The molecule has 22 heavy (non-hydrogen) atoms. The maximum atomic E-state index is 11.6. The summed E-state index contributed by atoms with van der Waals surface area (Å²) in [6, 6.07) is 5.98. The van der Waals surface area contributed by atoms with Gasteiger partial charge in [-0.25, -0.2) is 0 Å². The molecule has 114 valence electrons. The van der Waals surface area contributed by atoms with E-state index in [1.54, 1.807) is 0 Å². The number of fused-ring (bicyclic) bond motifs is 1. The van der Waals surface area contributed by atoms with E-state index >= 15 is 0 Å². The molecule has 0 spiro atoms. The number of amides is 1. The van der Waals surface area contributed by atoms with Gasteiger partial charge in [-0.3, -0.25) is 4.79 Å². The van der Waals surface area contributed by atoms with E-state index in [9.17, 15) is 4.79 Å². The number of rotatable bonds is 4. The van der Waals surface area contributed by atoms with Gasteiger partial charge in [0, 0.05) is 32.4 Å². The van der Waals surface area contributed by atoms with Gasteiger partial charge in [-0.1, -0.05) is 17.3 Å². The van der Waals surface area contributed by atoms with Crippen LogP contribution in [0.15, 0.2) is 22.7 Å². The van der Waals surface area contributed by atoms with Crippen LogP contribution in [0.2, 0.25) is 0 Å². The van der Waals surface area contributed by atoms with Crippen LogP contribution in [0.25, 0.3) is 11.5 Å². The molecule has 3 heterocycles. The Labute approximate surface area is 128 Å². The Morgan fingerprint density at radius 3 is 3.09 bits per heavy atom. The molecule has 0 saturated carbocycles. The van der Waals surface area contributed by atoms with Crippen LogP contribution in [0.1, 0.15) is 24.2 Å². The van der Waals surface area contributed by atoms with Crippen LogP contribution in [0, 0.1) is 0 Å². The Kier molecular flexibility index (Phi) is 3.29. The van der Waals surface area contributed by atoms with Crippen LogP contribution in [0.5, 0.6) is 5.75 Å². The minimum atomic E-state index is 0.220. The number of para-hydroxylation sites is 1. The van der Waals surface area contributed by atoms with Gasteiger partial charge in [0.1, 0.15) is 5.75 Å². The molecule has 0 unspecified atom stereocenters. The topological polar surface area (TPSA) is 68.5 Å². The van der Waals surface area contributed by atoms with Crippen molar-refractivity contribution in [2.75, 3.05) is 19.7 Å². The van der Waals surface area contributed by atoms with Crippen LogP contribution < -0.4 is 4.74 Å². The van der Waals surface area contributed by atoms with Crippen molar-refractivity contribution in [2.45, 2.75) is 25.7 Å². The fourth-order valence-electron chi connectivity index (χ4n) is 3.02. The molecule has 2 aromatic rings.